The van der Waals surface area contributed by atoms with E-state index in [1.807, 2.05) is 60.1 Å². The number of para-hydroxylation sites is 1. The second-order valence-electron chi connectivity index (χ2n) is 7.64. The first-order valence-corrected chi connectivity index (χ1v) is 10.3. The van der Waals surface area contributed by atoms with Crippen molar-refractivity contribution in [1.82, 2.24) is 14.8 Å². The van der Waals surface area contributed by atoms with E-state index in [2.05, 4.69) is 5.32 Å². The molecule has 0 saturated carbocycles. The first-order valence-electron chi connectivity index (χ1n) is 10.3. The second-order valence-corrected chi connectivity index (χ2v) is 7.64. The van der Waals surface area contributed by atoms with Gasteiger partial charge in [0.05, 0.1) is 13.2 Å². The Balaban J connectivity index is 1.72. The maximum atomic E-state index is 13.5. The lowest BCUT2D eigenvalue weighted by molar-refractivity contribution is -0.122. The number of benzene rings is 2. The third kappa shape index (κ3) is 3.77. The minimum atomic E-state index is -0.343. The molecule has 4 rings (SSSR count). The quantitative estimate of drug-likeness (QED) is 0.568. The van der Waals surface area contributed by atoms with Gasteiger partial charge in [-0.25, -0.2) is 0 Å². The molecule has 7 heteroatoms. The number of amides is 2. The average molecular weight is 421 g/mol. The number of hydrogen-bond donors (Lipinski definition) is 1. The SMILES string of the molecule is COCCCNC(=O)CN1C(=O)c2c(c3ccccc3n2C)[C@@H]1c1ccc(OC)cc1. The molecule has 7 nitrogen and oxygen atoms in total. The summed E-state index contributed by atoms with van der Waals surface area (Å²) in [5, 5.41) is 3.91. The number of ether oxygens (including phenoxy) is 2. The summed E-state index contributed by atoms with van der Waals surface area (Å²) < 4.78 is 12.2. The van der Waals surface area contributed by atoms with E-state index in [1.54, 1.807) is 19.1 Å². The van der Waals surface area contributed by atoms with E-state index in [4.69, 9.17) is 9.47 Å². The highest BCUT2D eigenvalue weighted by atomic mass is 16.5. The Bertz CT molecular complexity index is 1100. The van der Waals surface area contributed by atoms with E-state index in [9.17, 15) is 9.59 Å². The van der Waals surface area contributed by atoms with Crippen molar-refractivity contribution in [3.8, 4) is 5.75 Å². The molecule has 1 N–H and O–H groups in total. The van der Waals surface area contributed by atoms with Crippen LogP contribution in [0.4, 0.5) is 0 Å². The molecule has 0 spiro atoms. The topological polar surface area (TPSA) is 72.8 Å². The van der Waals surface area contributed by atoms with Crippen LogP contribution in [0.1, 0.15) is 34.1 Å². The molecule has 2 aromatic carbocycles. The van der Waals surface area contributed by atoms with Crippen molar-refractivity contribution in [2.24, 2.45) is 7.05 Å². The number of methoxy groups -OCH3 is 2. The number of aromatic nitrogens is 1. The predicted molar refractivity (Wildman–Crippen MR) is 118 cm³/mol. The normalized spacial score (nSPS) is 15.4. The van der Waals surface area contributed by atoms with E-state index in [0.717, 1.165) is 34.2 Å². The summed E-state index contributed by atoms with van der Waals surface area (Å²) in [5.74, 6) is 0.426. The molecular weight excluding hydrogens is 394 g/mol. The van der Waals surface area contributed by atoms with Gasteiger partial charge in [-0.1, -0.05) is 30.3 Å². The van der Waals surface area contributed by atoms with Crippen molar-refractivity contribution in [1.29, 1.82) is 0 Å². The van der Waals surface area contributed by atoms with Crippen LogP contribution in [0.25, 0.3) is 10.9 Å². The van der Waals surface area contributed by atoms with Crippen molar-refractivity contribution in [2.75, 3.05) is 33.9 Å². The Morgan fingerprint density at radius 1 is 1.10 bits per heavy atom. The molecule has 0 unspecified atom stereocenters. The summed E-state index contributed by atoms with van der Waals surface area (Å²) in [6.07, 6.45) is 0.725. The summed E-state index contributed by atoms with van der Waals surface area (Å²) in [4.78, 5) is 27.8. The van der Waals surface area contributed by atoms with Crippen molar-refractivity contribution in [2.45, 2.75) is 12.5 Å². The molecule has 2 amide bonds. The van der Waals surface area contributed by atoms with Gasteiger partial charge in [-0.05, 0) is 30.2 Å². The Morgan fingerprint density at radius 3 is 2.55 bits per heavy atom. The summed E-state index contributed by atoms with van der Waals surface area (Å²) >= 11 is 0. The Labute approximate surface area is 181 Å². The van der Waals surface area contributed by atoms with Crippen molar-refractivity contribution >= 4 is 22.7 Å². The third-order valence-electron chi connectivity index (χ3n) is 5.79. The number of nitrogens with zero attached hydrogens (tertiary/aromatic N) is 2. The average Bonchev–Trinajstić information content (AvgIpc) is 3.24. The Hall–Kier alpha value is -3.32. The minimum Gasteiger partial charge on any atom is -0.497 e. The molecule has 0 bridgehead atoms. The lowest BCUT2D eigenvalue weighted by Gasteiger charge is -2.26. The highest BCUT2D eigenvalue weighted by Gasteiger charge is 2.42. The minimum absolute atomic E-state index is 0.00841. The predicted octanol–water partition coefficient (Wildman–Crippen LogP) is 2.88. The molecule has 1 atom stereocenters. The third-order valence-corrected chi connectivity index (χ3v) is 5.79. The van der Waals surface area contributed by atoms with Crippen LogP contribution < -0.4 is 10.1 Å². The molecule has 0 radical (unpaired) electrons. The molecule has 1 aliphatic rings. The fourth-order valence-electron chi connectivity index (χ4n) is 4.32. The van der Waals surface area contributed by atoms with Crippen LogP contribution in [0.15, 0.2) is 48.5 Å². The number of carbonyl (C=O) groups excluding carboxylic acids is 2. The zero-order valence-electron chi connectivity index (χ0n) is 18.1. The van der Waals surface area contributed by atoms with Gasteiger partial charge in [-0.2, -0.15) is 0 Å². The van der Waals surface area contributed by atoms with E-state index in [0.29, 0.717) is 18.8 Å². The van der Waals surface area contributed by atoms with Crippen molar-refractivity contribution in [3.63, 3.8) is 0 Å². The second kappa shape index (κ2) is 8.81. The summed E-state index contributed by atoms with van der Waals surface area (Å²) in [6, 6.07) is 15.3. The highest BCUT2D eigenvalue weighted by Crippen LogP contribution is 2.43. The van der Waals surface area contributed by atoms with Crippen LogP contribution >= 0.6 is 0 Å². The number of rotatable bonds is 8. The van der Waals surface area contributed by atoms with Gasteiger partial charge in [-0.3, -0.25) is 9.59 Å². The van der Waals surface area contributed by atoms with Crippen LogP contribution in [0.5, 0.6) is 5.75 Å². The Morgan fingerprint density at radius 2 is 1.84 bits per heavy atom. The largest absolute Gasteiger partial charge is 0.497 e. The van der Waals surface area contributed by atoms with Crippen LogP contribution in [0.2, 0.25) is 0 Å². The monoisotopic (exact) mass is 421 g/mol. The van der Waals surface area contributed by atoms with Crippen LogP contribution in [-0.2, 0) is 16.6 Å². The van der Waals surface area contributed by atoms with Gasteiger partial charge in [0.2, 0.25) is 5.91 Å². The molecule has 0 saturated heterocycles. The van der Waals surface area contributed by atoms with E-state index >= 15 is 0 Å². The number of nitrogens with one attached hydrogen (secondary N) is 1. The molecule has 1 aliphatic heterocycles. The van der Waals surface area contributed by atoms with Crippen LogP contribution in [0, 0.1) is 0 Å². The first-order chi connectivity index (χ1) is 15.1. The van der Waals surface area contributed by atoms with Gasteiger partial charge < -0.3 is 24.3 Å². The van der Waals surface area contributed by atoms with Crippen LogP contribution in [-0.4, -0.2) is 55.2 Å². The van der Waals surface area contributed by atoms with Crippen molar-refractivity contribution < 1.29 is 19.1 Å². The molecule has 0 aliphatic carbocycles. The van der Waals surface area contributed by atoms with E-state index in [-0.39, 0.29) is 24.4 Å². The number of fused-ring (bicyclic) bond motifs is 3. The van der Waals surface area contributed by atoms with Gasteiger partial charge >= 0.3 is 0 Å². The number of aryl methyl sites for hydroxylation is 1. The highest BCUT2D eigenvalue weighted by molar-refractivity contribution is 6.07. The molecule has 1 aromatic heterocycles. The van der Waals surface area contributed by atoms with Gasteiger partial charge in [-0.15, -0.1) is 0 Å². The standard InChI is InChI=1S/C24H27N3O4/c1-26-19-8-5-4-7-18(19)21-22(16-9-11-17(31-3)12-10-16)27(24(29)23(21)26)15-20(28)25-13-6-14-30-2/h4-5,7-12,22H,6,13-15H2,1-3H3,(H,25,28)/t22-/m0/s1. The lowest BCUT2D eigenvalue weighted by Crippen LogP contribution is -2.40. The summed E-state index contributed by atoms with van der Waals surface area (Å²) in [6.45, 7) is 1.08. The fourth-order valence-corrected chi connectivity index (χ4v) is 4.32. The van der Waals surface area contributed by atoms with Gasteiger partial charge in [0.25, 0.3) is 5.91 Å². The number of hydrogen-bond acceptors (Lipinski definition) is 4. The first kappa shape index (κ1) is 20.9. The molecule has 2 heterocycles. The maximum absolute atomic E-state index is 13.5. The van der Waals surface area contributed by atoms with Crippen LogP contribution in [0.3, 0.4) is 0 Å². The zero-order valence-corrected chi connectivity index (χ0v) is 18.1. The van der Waals surface area contributed by atoms with E-state index in [1.165, 1.54) is 0 Å². The molecule has 3 aromatic rings. The maximum Gasteiger partial charge on any atom is 0.272 e. The van der Waals surface area contributed by atoms with Crippen molar-refractivity contribution in [3.05, 3.63) is 65.4 Å². The summed E-state index contributed by atoms with van der Waals surface area (Å²) in [7, 11) is 5.15. The number of carbonyl (C=O) groups is 2. The molecule has 31 heavy (non-hydrogen) atoms. The lowest BCUT2D eigenvalue weighted by atomic mass is 9.98. The van der Waals surface area contributed by atoms with Gasteiger partial charge in [0.1, 0.15) is 18.0 Å². The molecule has 0 fully saturated rings. The van der Waals surface area contributed by atoms with Gasteiger partial charge in [0.15, 0.2) is 0 Å². The molecule has 162 valence electrons. The Kier molecular flexibility index (Phi) is 5.95. The fraction of sp³-hybridized carbons (Fsp3) is 0.333. The summed E-state index contributed by atoms with van der Waals surface area (Å²) in [5.41, 5.74) is 3.52. The zero-order chi connectivity index (χ0) is 22.0. The molecular formula is C24H27N3O4. The smallest absolute Gasteiger partial charge is 0.272 e. The van der Waals surface area contributed by atoms with Gasteiger partial charge in [0, 0.05) is 43.8 Å². The van der Waals surface area contributed by atoms with E-state index < -0.39 is 0 Å².